The lowest BCUT2D eigenvalue weighted by molar-refractivity contribution is -0.118. The van der Waals surface area contributed by atoms with E-state index in [1.54, 1.807) is 12.1 Å². The van der Waals surface area contributed by atoms with E-state index in [2.05, 4.69) is 5.32 Å². The summed E-state index contributed by atoms with van der Waals surface area (Å²) in [6.07, 6.45) is 3.98. The number of hydrogen-bond acceptors (Lipinski definition) is 3. The summed E-state index contributed by atoms with van der Waals surface area (Å²) in [5, 5.41) is 12.2. The van der Waals surface area contributed by atoms with Crippen LogP contribution >= 0.6 is 0 Å². The minimum absolute atomic E-state index is 0.115. The second kappa shape index (κ2) is 3.65. The first-order valence-corrected chi connectivity index (χ1v) is 7.04. The average Bonchev–Trinajstić information content (AvgIpc) is 2.82. The summed E-state index contributed by atoms with van der Waals surface area (Å²) in [6, 6.07) is 4.67. The van der Waals surface area contributed by atoms with Gasteiger partial charge in [0.05, 0.1) is 11.4 Å². The normalized spacial score (nSPS) is 38.0. The Morgan fingerprint density at radius 2 is 1.95 bits per heavy atom. The zero-order chi connectivity index (χ0) is 13.1. The lowest BCUT2D eigenvalue weighted by Crippen LogP contribution is -2.19. The van der Waals surface area contributed by atoms with E-state index >= 15 is 0 Å². The fraction of sp³-hybridized carbons (Fsp3) is 0.533. The van der Waals surface area contributed by atoms with Gasteiger partial charge in [0.1, 0.15) is 5.75 Å². The Morgan fingerprint density at radius 3 is 2.58 bits per heavy atom. The largest absolute Gasteiger partial charge is 0.508 e. The summed E-state index contributed by atoms with van der Waals surface area (Å²) in [4.78, 5) is 12.3. The maximum Gasteiger partial charge on any atom is 0.228 e. The molecule has 0 radical (unpaired) electrons. The fourth-order valence-electron chi connectivity index (χ4n) is 4.56. The maximum atomic E-state index is 12.3. The van der Waals surface area contributed by atoms with Crippen LogP contribution in [0.3, 0.4) is 0 Å². The molecule has 0 aliphatic heterocycles. The highest BCUT2D eigenvalue weighted by molar-refractivity contribution is 5.97. The van der Waals surface area contributed by atoms with Crippen molar-refractivity contribution in [2.45, 2.75) is 19.3 Å². The highest BCUT2D eigenvalue weighted by atomic mass is 16.3. The number of aromatic hydroxyl groups is 1. The van der Waals surface area contributed by atoms with Crippen molar-refractivity contribution in [3.63, 3.8) is 0 Å². The number of rotatable bonds is 2. The molecular weight excluding hydrogens is 240 g/mol. The van der Waals surface area contributed by atoms with Gasteiger partial charge in [0.25, 0.3) is 0 Å². The summed E-state index contributed by atoms with van der Waals surface area (Å²) in [7, 11) is 0. The van der Waals surface area contributed by atoms with Gasteiger partial charge in [-0.05, 0) is 55.1 Å². The van der Waals surface area contributed by atoms with E-state index in [4.69, 9.17) is 5.73 Å². The second-order valence-electron chi connectivity index (χ2n) is 6.27. The monoisotopic (exact) mass is 258 g/mol. The van der Waals surface area contributed by atoms with Crippen molar-refractivity contribution in [1.82, 2.24) is 0 Å². The standard InChI is InChI=1S/C15H18N2O2/c16-10-6-9(18)3-4-11(10)17-15(19)14-12-7-1-2-8(5-7)13(12)14/h3-4,6-8,12-14,18H,1-2,5,16H2,(H,17,19). The summed E-state index contributed by atoms with van der Waals surface area (Å²) in [5.74, 6) is 3.31. The van der Waals surface area contributed by atoms with Crippen molar-refractivity contribution in [1.29, 1.82) is 0 Å². The van der Waals surface area contributed by atoms with Gasteiger partial charge < -0.3 is 16.2 Å². The zero-order valence-corrected chi connectivity index (χ0v) is 10.7. The molecule has 19 heavy (non-hydrogen) atoms. The molecule has 0 aromatic heterocycles. The van der Waals surface area contributed by atoms with Gasteiger partial charge in [-0.1, -0.05) is 0 Å². The fourth-order valence-corrected chi connectivity index (χ4v) is 4.56. The van der Waals surface area contributed by atoms with E-state index in [1.165, 1.54) is 25.3 Å². The molecule has 0 saturated heterocycles. The average molecular weight is 258 g/mol. The van der Waals surface area contributed by atoms with Crippen molar-refractivity contribution >= 4 is 17.3 Å². The van der Waals surface area contributed by atoms with E-state index in [0.29, 0.717) is 23.2 Å². The van der Waals surface area contributed by atoms with Crippen LogP contribution in [0.4, 0.5) is 11.4 Å². The number of anilines is 2. The van der Waals surface area contributed by atoms with Crippen LogP contribution in [0.15, 0.2) is 18.2 Å². The molecular formula is C15H18N2O2. The highest BCUT2D eigenvalue weighted by Crippen LogP contribution is 2.69. The van der Waals surface area contributed by atoms with Crippen LogP contribution in [-0.4, -0.2) is 11.0 Å². The van der Waals surface area contributed by atoms with Crippen molar-refractivity contribution in [2.75, 3.05) is 11.1 Å². The van der Waals surface area contributed by atoms with Gasteiger partial charge in [0.15, 0.2) is 0 Å². The molecule has 3 saturated carbocycles. The van der Waals surface area contributed by atoms with Gasteiger partial charge >= 0.3 is 0 Å². The lowest BCUT2D eigenvalue weighted by atomic mass is 10.0. The van der Waals surface area contributed by atoms with E-state index in [0.717, 1.165) is 11.8 Å². The van der Waals surface area contributed by atoms with Gasteiger partial charge in [0.2, 0.25) is 5.91 Å². The van der Waals surface area contributed by atoms with Crippen LogP contribution < -0.4 is 11.1 Å². The number of nitrogens with two attached hydrogens (primary N) is 1. The topological polar surface area (TPSA) is 75.3 Å². The SMILES string of the molecule is Nc1cc(O)ccc1NC(=O)C1C2C3CCC(C3)C12. The third-order valence-electron chi connectivity index (χ3n) is 5.33. The number of carbonyl (C=O) groups is 1. The molecule has 1 aromatic rings. The number of carbonyl (C=O) groups excluding carboxylic acids is 1. The number of nitrogens with one attached hydrogen (secondary N) is 1. The molecule has 4 atom stereocenters. The zero-order valence-electron chi connectivity index (χ0n) is 10.7. The number of nitrogen functional groups attached to an aromatic ring is 1. The highest BCUT2D eigenvalue weighted by Gasteiger charge is 2.67. The first-order chi connectivity index (χ1) is 9.15. The minimum Gasteiger partial charge on any atom is -0.508 e. The Morgan fingerprint density at radius 1 is 1.26 bits per heavy atom. The summed E-state index contributed by atoms with van der Waals surface area (Å²) >= 11 is 0. The van der Waals surface area contributed by atoms with Gasteiger partial charge in [-0.3, -0.25) is 4.79 Å². The van der Waals surface area contributed by atoms with Gasteiger partial charge in [-0.15, -0.1) is 0 Å². The molecule has 2 bridgehead atoms. The molecule has 4 nitrogen and oxygen atoms in total. The van der Waals surface area contributed by atoms with E-state index in [-0.39, 0.29) is 17.6 Å². The first kappa shape index (κ1) is 11.1. The minimum atomic E-state index is 0.115. The lowest BCUT2D eigenvalue weighted by Gasteiger charge is -2.11. The third kappa shape index (κ3) is 1.55. The third-order valence-corrected chi connectivity index (χ3v) is 5.33. The molecule has 4 N–H and O–H groups in total. The molecule has 1 amide bonds. The predicted molar refractivity (Wildman–Crippen MR) is 72.4 cm³/mol. The number of phenols is 1. The molecule has 4 rings (SSSR count). The van der Waals surface area contributed by atoms with E-state index in [1.807, 2.05) is 0 Å². The Kier molecular flexibility index (Phi) is 2.14. The molecule has 0 heterocycles. The van der Waals surface area contributed by atoms with Gasteiger partial charge in [-0.25, -0.2) is 0 Å². The molecule has 1 aromatic carbocycles. The van der Waals surface area contributed by atoms with Crippen LogP contribution in [0.25, 0.3) is 0 Å². The van der Waals surface area contributed by atoms with Crippen LogP contribution in [-0.2, 0) is 4.79 Å². The van der Waals surface area contributed by atoms with E-state index in [9.17, 15) is 9.90 Å². The summed E-state index contributed by atoms with van der Waals surface area (Å²) < 4.78 is 0. The second-order valence-corrected chi connectivity index (χ2v) is 6.27. The Balaban J connectivity index is 1.48. The van der Waals surface area contributed by atoms with Crippen LogP contribution in [0, 0.1) is 29.6 Å². The Hall–Kier alpha value is -1.71. The van der Waals surface area contributed by atoms with Crippen LogP contribution in [0.2, 0.25) is 0 Å². The Labute approximate surface area is 112 Å². The van der Waals surface area contributed by atoms with Crippen LogP contribution in [0.1, 0.15) is 19.3 Å². The van der Waals surface area contributed by atoms with E-state index < -0.39 is 0 Å². The number of hydrogen-bond donors (Lipinski definition) is 3. The van der Waals surface area contributed by atoms with Gasteiger partial charge in [-0.2, -0.15) is 0 Å². The number of amides is 1. The molecule has 3 aliphatic carbocycles. The smallest absolute Gasteiger partial charge is 0.228 e. The molecule has 3 aliphatic rings. The maximum absolute atomic E-state index is 12.3. The van der Waals surface area contributed by atoms with Crippen molar-refractivity contribution < 1.29 is 9.90 Å². The molecule has 100 valence electrons. The van der Waals surface area contributed by atoms with Gasteiger partial charge in [0, 0.05) is 12.0 Å². The number of phenolic OH excluding ortho intramolecular Hbond substituents is 1. The molecule has 4 unspecified atom stereocenters. The molecule has 4 heteroatoms. The molecule has 3 fully saturated rings. The predicted octanol–water partition coefficient (Wildman–Crippen LogP) is 2.21. The van der Waals surface area contributed by atoms with Crippen molar-refractivity contribution in [3.8, 4) is 5.75 Å². The van der Waals surface area contributed by atoms with Crippen LogP contribution in [0.5, 0.6) is 5.75 Å². The first-order valence-electron chi connectivity index (χ1n) is 7.04. The van der Waals surface area contributed by atoms with Crippen molar-refractivity contribution in [2.24, 2.45) is 29.6 Å². The molecule has 0 spiro atoms. The summed E-state index contributed by atoms with van der Waals surface area (Å²) in [6.45, 7) is 0. The Bertz CT molecular complexity index is 541. The quantitative estimate of drug-likeness (QED) is 0.562. The summed E-state index contributed by atoms with van der Waals surface area (Å²) in [5.41, 5.74) is 6.83. The number of benzene rings is 1. The van der Waals surface area contributed by atoms with Crippen molar-refractivity contribution in [3.05, 3.63) is 18.2 Å². The number of fused-ring (bicyclic) bond motifs is 5.